The fourth-order valence-corrected chi connectivity index (χ4v) is 4.81. The van der Waals surface area contributed by atoms with E-state index in [9.17, 15) is 17.6 Å². The Morgan fingerprint density at radius 1 is 1.20 bits per heavy atom. The van der Waals surface area contributed by atoms with Crippen LogP contribution in [0.15, 0.2) is 41.3 Å². The highest BCUT2D eigenvalue weighted by molar-refractivity contribution is 7.89. The monoisotopic (exact) mass is 457 g/mol. The Kier molecular flexibility index (Phi) is 7.30. The Balaban J connectivity index is 1.73. The smallest absolute Gasteiger partial charge is 0.310 e. The number of esters is 1. The van der Waals surface area contributed by atoms with Crippen LogP contribution in [0.4, 0.5) is 4.39 Å². The van der Waals surface area contributed by atoms with Crippen LogP contribution in [0.25, 0.3) is 0 Å². The summed E-state index contributed by atoms with van der Waals surface area (Å²) >= 11 is 5.93. The van der Waals surface area contributed by atoms with Crippen molar-refractivity contribution < 1.29 is 31.8 Å². The minimum absolute atomic E-state index is 0.0150. The van der Waals surface area contributed by atoms with Gasteiger partial charge in [-0.05, 0) is 29.8 Å². The van der Waals surface area contributed by atoms with Gasteiger partial charge in [-0.3, -0.25) is 4.79 Å². The lowest BCUT2D eigenvalue weighted by atomic mass is 10.1. The van der Waals surface area contributed by atoms with Crippen LogP contribution in [0.2, 0.25) is 5.02 Å². The zero-order valence-corrected chi connectivity index (χ0v) is 17.8. The molecule has 1 aliphatic heterocycles. The quantitative estimate of drug-likeness (QED) is 0.595. The van der Waals surface area contributed by atoms with Gasteiger partial charge >= 0.3 is 5.97 Å². The second-order valence-electron chi connectivity index (χ2n) is 6.57. The molecule has 10 heteroatoms. The van der Waals surface area contributed by atoms with Crippen LogP contribution in [0.5, 0.6) is 5.75 Å². The van der Waals surface area contributed by atoms with E-state index in [2.05, 4.69) is 0 Å². The fourth-order valence-electron chi connectivity index (χ4n) is 2.97. The summed E-state index contributed by atoms with van der Waals surface area (Å²) in [7, 11) is -2.42. The van der Waals surface area contributed by atoms with Crippen molar-refractivity contribution in [3.63, 3.8) is 0 Å². The molecule has 30 heavy (non-hydrogen) atoms. The van der Waals surface area contributed by atoms with E-state index in [0.29, 0.717) is 24.3 Å². The first-order valence-electron chi connectivity index (χ1n) is 9.15. The van der Waals surface area contributed by atoms with Gasteiger partial charge in [0.25, 0.3) is 0 Å². The lowest BCUT2D eigenvalue weighted by Crippen LogP contribution is -2.40. The Labute approximate surface area is 179 Å². The van der Waals surface area contributed by atoms with E-state index in [4.69, 9.17) is 25.8 Å². The maximum Gasteiger partial charge on any atom is 0.310 e. The molecule has 0 bridgehead atoms. The van der Waals surface area contributed by atoms with Gasteiger partial charge in [0.1, 0.15) is 23.1 Å². The molecule has 0 spiro atoms. The topological polar surface area (TPSA) is 82.1 Å². The van der Waals surface area contributed by atoms with Crippen molar-refractivity contribution in [3.05, 3.63) is 58.4 Å². The minimum atomic E-state index is -3.80. The third kappa shape index (κ3) is 5.28. The van der Waals surface area contributed by atoms with Gasteiger partial charge in [-0.2, -0.15) is 4.31 Å². The molecule has 2 aromatic rings. The Hall–Kier alpha value is -2.20. The van der Waals surface area contributed by atoms with Gasteiger partial charge in [0.05, 0.1) is 31.8 Å². The SMILES string of the molecule is COc1ccc(CC(=O)OCc2ccc(F)cc2Cl)cc1S(=O)(=O)N1CCOCC1. The highest BCUT2D eigenvalue weighted by Crippen LogP contribution is 2.29. The predicted octanol–water partition coefficient (Wildman–Crippen LogP) is 2.79. The number of rotatable bonds is 7. The fraction of sp³-hybridized carbons (Fsp3) is 0.350. The van der Waals surface area contributed by atoms with Crippen LogP contribution in [-0.2, 0) is 37.3 Å². The Bertz CT molecular complexity index is 1020. The minimum Gasteiger partial charge on any atom is -0.495 e. The molecule has 7 nitrogen and oxygen atoms in total. The molecule has 0 N–H and O–H groups in total. The number of hydrogen-bond acceptors (Lipinski definition) is 6. The lowest BCUT2D eigenvalue weighted by Gasteiger charge is -2.26. The highest BCUT2D eigenvalue weighted by Gasteiger charge is 2.29. The third-order valence-corrected chi connectivity index (χ3v) is 6.84. The van der Waals surface area contributed by atoms with Gasteiger partial charge in [-0.1, -0.05) is 23.7 Å². The average Bonchev–Trinajstić information content (AvgIpc) is 2.73. The highest BCUT2D eigenvalue weighted by atomic mass is 35.5. The van der Waals surface area contributed by atoms with Gasteiger partial charge in [0, 0.05) is 18.7 Å². The average molecular weight is 458 g/mol. The van der Waals surface area contributed by atoms with Crippen molar-refractivity contribution in [2.24, 2.45) is 0 Å². The first kappa shape index (κ1) is 22.5. The summed E-state index contributed by atoms with van der Waals surface area (Å²) in [5.41, 5.74) is 0.926. The second kappa shape index (κ2) is 9.74. The molecular weight excluding hydrogens is 437 g/mol. The van der Waals surface area contributed by atoms with Gasteiger partial charge in [-0.25, -0.2) is 12.8 Å². The Morgan fingerprint density at radius 2 is 1.93 bits per heavy atom. The number of nitrogens with zero attached hydrogens (tertiary/aromatic N) is 1. The molecule has 0 amide bonds. The van der Waals surface area contributed by atoms with Gasteiger partial charge in [-0.15, -0.1) is 0 Å². The van der Waals surface area contributed by atoms with E-state index in [1.54, 1.807) is 6.07 Å². The zero-order chi connectivity index (χ0) is 21.7. The van der Waals surface area contributed by atoms with Crippen LogP contribution in [0, 0.1) is 5.82 Å². The van der Waals surface area contributed by atoms with Gasteiger partial charge in [0.15, 0.2) is 0 Å². The van der Waals surface area contributed by atoms with Crippen molar-refractivity contribution in [1.82, 2.24) is 4.31 Å². The number of hydrogen-bond donors (Lipinski definition) is 0. The number of methoxy groups -OCH3 is 1. The summed E-state index contributed by atoms with van der Waals surface area (Å²) in [6.07, 6.45) is -0.144. The van der Waals surface area contributed by atoms with Gasteiger partial charge in [0.2, 0.25) is 10.0 Å². The standard InChI is InChI=1S/C20H21ClFNO6S/c1-27-18-5-2-14(10-19(18)30(25,26)23-6-8-28-9-7-23)11-20(24)29-13-15-3-4-16(22)12-17(15)21/h2-5,10,12H,6-9,11,13H2,1H3. The van der Waals surface area contributed by atoms with Crippen molar-refractivity contribution in [2.75, 3.05) is 33.4 Å². The molecule has 0 unspecified atom stereocenters. The number of morpholine rings is 1. The van der Waals surface area contributed by atoms with Crippen molar-refractivity contribution >= 4 is 27.6 Å². The first-order chi connectivity index (χ1) is 14.3. The largest absolute Gasteiger partial charge is 0.495 e. The summed E-state index contributed by atoms with van der Waals surface area (Å²) < 4.78 is 56.1. The van der Waals surface area contributed by atoms with E-state index in [1.807, 2.05) is 0 Å². The number of benzene rings is 2. The number of carbonyl (C=O) groups excluding carboxylic acids is 1. The Morgan fingerprint density at radius 3 is 2.60 bits per heavy atom. The van der Waals surface area contributed by atoms with Crippen LogP contribution >= 0.6 is 11.6 Å². The summed E-state index contributed by atoms with van der Waals surface area (Å²) in [6, 6.07) is 8.31. The predicted molar refractivity (Wildman–Crippen MR) is 107 cm³/mol. The molecule has 3 rings (SSSR count). The molecule has 0 saturated carbocycles. The molecule has 1 heterocycles. The van der Waals surface area contributed by atoms with Crippen LogP contribution in [-0.4, -0.2) is 52.1 Å². The van der Waals surface area contributed by atoms with Crippen LogP contribution in [0.1, 0.15) is 11.1 Å². The third-order valence-electron chi connectivity index (χ3n) is 4.57. The number of halogens is 2. The van der Waals surface area contributed by atoms with E-state index in [0.717, 1.165) is 6.07 Å². The molecule has 2 aromatic carbocycles. The molecule has 162 valence electrons. The molecule has 0 aliphatic carbocycles. The summed E-state index contributed by atoms with van der Waals surface area (Å²) in [4.78, 5) is 12.2. The molecule has 0 aromatic heterocycles. The maximum atomic E-state index is 13.1. The van der Waals surface area contributed by atoms with E-state index >= 15 is 0 Å². The van der Waals surface area contributed by atoms with Crippen molar-refractivity contribution in [3.8, 4) is 5.75 Å². The van der Waals surface area contributed by atoms with Crippen LogP contribution < -0.4 is 4.74 Å². The lowest BCUT2D eigenvalue weighted by molar-refractivity contribution is -0.144. The van der Waals surface area contributed by atoms with Crippen molar-refractivity contribution in [2.45, 2.75) is 17.9 Å². The second-order valence-corrected chi connectivity index (χ2v) is 8.89. The van der Waals surface area contributed by atoms with E-state index < -0.39 is 21.8 Å². The summed E-state index contributed by atoms with van der Waals surface area (Å²) in [5.74, 6) is -0.866. The number of ether oxygens (including phenoxy) is 3. The molecule has 0 atom stereocenters. The number of sulfonamides is 1. The van der Waals surface area contributed by atoms with E-state index in [-0.39, 0.29) is 41.8 Å². The molecular formula is C20H21ClFNO6S. The summed E-state index contributed by atoms with van der Waals surface area (Å²) in [5, 5.41) is 0.158. The van der Waals surface area contributed by atoms with Gasteiger partial charge < -0.3 is 14.2 Å². The molecule has 0 radical (unpaired) electrons. The number of carbonyl (C=O) groups is 1. The molecule has 1 saturated heterocycles. The van der Waals surface area contributed by atoms with E-state index in [1.165, 1.54) is 35.7 Å². The molecule has 1 fully saturated rings. The molecule has 1 aliphatic rings. The first-order valence-corrected chi connectivity index (χ1v) is 11.0. The normalized spacial score (nSPS) is 15.0. The van der Waals surface area contributed by atoms with Crippen LogP contribution in [0.3, 0.4) is 0 Å². The zero-order valence-electron chi connectivity index (χ0n) is 16.3. The maximum absolute atomic E-state index is 13.1. The summed E-state index contributed by atoms with van der Waals surface area (Å²) in [6.45, 7) is 1.01. The van der Waals surface area contributed by atoms with Crippen molar-refractivity contribution in [1.29, 1.82) is 0 Å².